The smallest absolute Gasteiger partial charge is 0.218 e. The summed E-state index contributed by atoms with van der Waals surface area (Å²) in [6.07, 6.45) is -7.16. The fourth-order valence-corrected chi connectivity index (χ4v) is 2.23. The summed E-state index contributed by atoms with van der Waals surface area (Å²) in [5.74, 6) is -1.79. The van der Waals surface area contributed by atoms with Crippen LogP contribution < -0.4 is 10.4 Å². The summed E-state index contributed by atoms with van der Waals surface area (Å²) in [5.41, 5.74) is 0. The number of carbonyl (C=O) groups excluding carboxylic acids is 1. The van der Waals surface area contributed by atoms with Crippen molar-refractivity contribution in [3.8, 4) is 0 Å². The molecule has 0 amide bonds. The Labute approximate surface area is 116 Å². The molecule has 1 heterocycles. The molecule has 118 valence electrons. The molecule has 1 fully saturated rings. The molecule has 1 N–H and O–H groups in total. The van der Waals surface area contributed by atoms with Crippen LogP contribution in [-0.2, 0) is 37.7 Å². The normalized spacial score (nSPS) is 31.1. The van der Waals surface area contributed by atoms with Gasteiger partial charge in [-0.15, -0.1) is 4.33 Å². The van der Waals surface area contributed by atoms with Crippen molar-refractivity contribution in [2.45, 2.75) is 24.4 Å². The molecule has 0 bridgehead atoms. The molecule has 1 aliphatic heterocycles. The van der Waals surface area contributed by atoms with E-state index in [2.05, 4.69) is 22.5 Å². The van der Waals surface area contributed by atoms with Gasteiger partial charge in [0.2, 0.25) is 10.4 Å². The first-order chi connectivity index (χ1) is 9.26. The predicted molar refractivity (Wildman–Crippen MR) is 50.0 cm³/mol. The topological polar surface area (TPSA) is 187 Å². The van der Waals surface area contributed by atoms with Crippen molar-refractivity contribution < 1.29 is 55.7 Å². The monoisotopic (exact) mass is 335 g/mol. The molecule has 0 aromatic carbocycles. The van der Waals surface area contributed by atoms with Gasteiger partial charge in [0.1, 0.15) is 24.4 Å². The fourth-order valence-electron chi connectivity index (χ4n) is 1.40. The maximum Gasteiger partial charge on any atom is 0.218 e. The van der Waals surface area contributed by atoms with Gasteiger partial charge in [0.15, 0.2) is 12.3 Å². The van der Waals surface area contributed by atoms with E-state index in [1.165, 1.54) is 0 Å². The lowest BCUT2D eigenvalue weighted by atomic mass is 10.0. The van der Waals surface area contributed by atoms with E-state index in [-0.39, 0.29) is 12.3 Å². The maximum absolute atomic E-state index is 10.7. The lowest BCUT2D eigenvalue weighted by molar-refractivity contribution is -0.777. The molecule has 4 atom stereocenters. The van der Waals surface area contributed by atoms with Gasteiger partial charge in [0.25, 0.3) is 0 Å². The number of hydrogen-bond donors (Lipinski definition) is 1. The molecule has 1 rings (SSSR count). The molecule has 0 saturated carbocycles. The fraction of sp³-hybridized carbons (Fsp3) is 0.833. The molecule has 12 nitrogen and oxygen atoms in total. The third kappa shape index (κ3) is 5.09. The number of rotatable bonds is 7. The second-order valence-corrected chi connectivity index (χ2v) is 4.85. The molecule has 0 spiro atoms. The van der Waals surface area contributed by atoms with Crippen LogP contribution in [-0.4, -0.2) is 55.1 Å². The first-order valence-corrected chi connectivity index (χ1v) is 6.69. The van der Waals surface area contributed by atoms with E-state index in [1.54, 1.807) is 0 Å². The van der Waals surface area contributed by atoms with Gasteiger partial charge in [-0.3, -0.25) is 13.4 Å². The summed E-state index contributed by atoms with van der Waals surface area (Å²) in [6.45, 7) is -0.718. The highest BCUT2D eigenvalue weighted by molar-refractivity contribution is 7.89. The average Bonchev–Trinajstić information content (AvgIpc) is 2.32. The Kier molecular flexibility index (Phi) is 6.52. The predicted octanol–water partition coefficient (Wildman–Crippen LogP) is -4.49. The molecule has 0 aromatic rings. The number of carboxylic acids is 1. The van der Waals surface area contributed by atoms with Crippen LogP contribution in [0.1, 0.15) is 0 Å². The highest BCUT2D eigenvalue weighted by Gasteiger charge is 2.43. The molecular formula is C6H7O12S2-3. The molecule has 0 radical (unpaired) electrons. The Morgan fingerprint density at radius 3 is 2.60 bits per heavy atom. The summed E-state index contributed by atoms with van der Waals surface area (Å²) >= 11 is -0.144. The van der Waals surface area contributed by atoms with Crippen LogP contribution in [0.25, 0.3) is 0 Å². The van der Waals surface area contributed by atoms with E-state index in [4.69, 9.17) is 0 Å². The summed E-state index contributed by atoms with van der Waals surface area (Å²) in [5, 5.41) is 32.9. The maximum atomic E-state index is 10.7. The zero-order valence-corrected chi connectivity index (χ0v) is 10.9. The Morgan fingerprint density at radius 1 is 1.45 bits per heavy atom. The Balaban J connectivity index is 2.77. The molecule has 1 aliphatic rings. The van der Waals surface area contributed by atoms with Gasteiger partial charge in [-0.2, -0.15) is 0 Å². The van der Waals surface area contributed by atoms with Gasteiger partial charge in [0.05, 0.1) is 12.6 Å². The second kappa shape index (κ2) is 7.46. The molecular weight excluding hydrogens is 328 g/mol. The molecule has 0 aromatic heterocycles. The first kappa shape index (κ1) is 17.5. The van der Waals surface area contributed by atoms with Crippen molar-refractivity contribution >= 4 is 28.7 Å². The first-order valence-electron chi connectivity index (χ1n) is 4.69. The zero-order chi connectivity index (χ0) is 15.3. The lowest BCUT2D eigenvalue weighted by Gasteiger charge is -2.39. The van der Waals surface area contributed by atoms with Gasteiger partial charge >= 0.3 is 0 Å². The van der Waals surface area contributed by atoms with Crippen molar-refractivity contribution in [2.75, 3.05) is 6.61 Å². The number of aliphatic hydroxyl groups is 1. The van der Waals surface area contributed by atoms with E-state index in [0.29, 0.717) is 0 Å². The van der Waals surface area contributed by atoms with E-state index in [1.807, 2.05) is 0 Å². The van der Waals surface area contributed by atoms with Crippen molar-refractivity contribution in [3.05, 3.63) is 0 Å². The second-order valence-electron chi connectivity index (χ2n) is 3.37. The summed E-state index contributed by atoms with van der Waals surface area (Å²) in [6, 6.07) is 0. The molecule has 2 unspecified atom stereocenters. The lowest BCUT2D eigenvalue weighted by Crippen LogP contribution is -2.59. The van der Waals surface area contributed by atoms with E-state index in [0.717, 1.165) is 0 Å². The quantitative estimate of drug-likeness (QED) is 0.117. The van der Waals surface area contributed by atoms with E-state index in [9.17, 15) is 33.2 Å². The number of carbonyl (C=O) groups is 1. The Hall–Kier alpha value is -0.550. The number of aliphatic hydroxyl groups excluding tert-OH is 1. The number of hydrogen-bond acceptors (Lipinski definition) is 13. The average molecular weight is 335 g/mol. The Morgan fingerprint density at radius 2 is 2.10 bits per heavy atom. The van der Waals surface area contributed by atoms with Gasteiger partial charge in [-0.1, -0.05) is 0 Å². The van der Waals surface area contributed by atoms with Crippen LogP contribution in [0.15, 0.2) is 0 Å². The number of aliphatic carboxylic acids is 1. The highest BCUT2D eigenvalue weighted by atomic mass is 32.3. The van der Waals surface area contributed by atoms with Crippen molar-refractivity contribution in [3.63, 3.8) is 0 Å². The van der Waals surface area contributed by atoms with E-state index >= 15 is 0 Å². The Bertz CT molecular complexity index is 422. The third-order valence-corrected chi connectivity index (χ3v) is 3.03. The third-order valence-electron chi connectivity index (χ3n) is 2.14. The number of carboxylic acid groups (broad SMARTS) is 1. The van der Waals surface area contributed by atoms with Crippen molar-refractivity contribution in [1.29, 1.82) is 0 Å². The number of ether oxygens (including phenoxy) is 1. The van der Waals surface area contributed by atoms with Crippen LogP contribution in [0.4, 0.5) is 0 Å². The van der Waals surface area contributed by atoms with Crippen LogP contribution in [0.3, 0.4) is 0 Å². The van der Waals surface area contributed by atoms with Gasteiger partial charge in [0, 0.05) is 0 Å². The van der Waals surface area contributed by atoms with Crippen LogP contribution in [0.5, 0.6) is 0 Å². The standard InChI is InChI=1S/C6H10O12S2/c7-3-2(16-20(11,12)13)1-14-5(6(8)9)4(3)15-19-18-17-10/h2-5,7,10H,1H2,(H,8,9)(H,11,12,13)/p-3/t2?,3-,4-,5?/m1/s1. The summed E-state index contributed by atoms with van der Waals surface area (Å²) < 4.78 is 48.1. The van der Waals surface area contributed by atoms with Crippen molar-refractivity contribution in [2.24, 2.45) is 0 Å². The zero-order valence-electron chi connectivity index (χ0n) is 9.27. The van der Waals surface area contributed by atoms with E-state index < -0.39 is 47.4 Å². The van der Waals surface area contributed by atoms with Crippen LogP contribution in [0, 0.1) is 0 Å². The molecule has 20 heavy (non-hydrogen) atoms. The summed E-state index contributed by atoms with van der Waals surface area (Å²) in [7, 11) is -5.16. The summed E-state index contributed by atoms with van der Waals surface area (Å²) in [4.78, 5) is 10.7. The minimum atomic E-state index is -5.16. The van der Waals surface area contributed by atoms with Crippen LogP contribution >= 0.6 is 12.3 Å². The molecule has 14 heteroatoms. The van der Waals surface area contributed by atoms with Gasteiger partial charge in [-0.25, -0.2) is 8.42 Å². The largest absolute Gasteiger partial charge is 0.726 e. The molecule has 0 aliphatic carbocycles. The van der Waals surface area contributed by atoms with Crippen LogP contribution in [0.2, 0.25) is 0 Å². The molecule has 1 saturated heterocycles. The van der Waals surface area contributed by atoms with Gasteiger partial charge < -0.3 is 29.6 Å². The van der Waals surface area contributed by atoms with Gasteiger partial charge in [-0.05, 0) is 0 Å². The highest BCUT2D eigenvalue weighted by Crippen LogP contribution is 2.25. The van der Waals surface area contributed by atoms with Crippen molar-refractivity contribution in [1.82, 2.24) is 0 Å². The SMILES string of the molecule is O=C([O-])C1OCC(OS(=O)(=O)[O-])[C@@H](O)[C@H]1OSOO[O-]. The minimum absolute atomic E-state index is 0.144. The minimum Gasteiger partial charge on any atom is -0.726 e.